The Bertz CT molecular complexity index is 1990. The average molecular weight is 902 g/mol. The van der Waals surface area contributed by atoms with Crippen LogP contribution in [0.4, 0.5) is 0 Å². The van der Waals surface area contributed by atoms with Crippen LogP contribution in [-0.2, 0) is 36.7 Å². The molecule has 5 rings (SSSR count). The third kappa shape index (κ3) is 11.8. The Morgan fingerprint density at radius 1 is 0.741 bits per heavy atom. The average Bonchev–Trinajstić information content (AvgIpc) is 3.12. The molecule has 0 bridgehead atoms. The van der Waals surface area contributed by atoms with Crippen molar-refractivity contribution in [3.05, 3.63) is 120 Å². The van der Waals surface area contributed by atoms with Gasteiger partial charge < -0.3 is 5.11 Å². The Balaban J connectivity index is 0.000000418. The zero-order chi connectivity index (χ0) is 38.9. The number of aryl methyl sites for hydroxylation is 1. The van der Waals surface area contributed by atoms with E-state index in [9.17, 15) is 9.90 Å². The molecule has 0 atom stereocenters. The molecule has 0 spiro atoms. The van der Waals surface area contributed by atoms with Gasteiger partial charge in [-0.15, -0.1) is 29.1 Å². The molecule has 0 amide bonds. The van der Waals surface area contributed by atoms with Crippen LogP contribution in [0, 0.1) is 30.2 Å². The Kier molecular flexibility index (Phi) is 16.1. The number of hydrogen-bond donors (Lipinski definition) is 1. The number of carbonyl (C=O) groups is 1. The Labute approximate surface area is 339 Å². The van der Waals surface area contributed by atoms with E-state index in [1.165, 1.54) is 33.7 Å². The fourth-order valence-corrected chi connectivity index (χ4v) is 6.91. The van der Waals surface area contributed by atoms with E-state index in [-0.39, 0.29) is 54.3 Å². The molecule has 5 aromatic rings. The Hall–Kier alpha value is -3.92. The largest absolute Gasteiger partial charge is 0.512 e. The predicted molar refractivity (Wildman–Crippen MR) is 225 cm³/mol. The van der Waals surface area contributed by atoms with Crippen molar-refractivity contribution in [1.29, 1.82) is 0 Å². The van der Waals surface area contributed by atoms with Crippen LogP contribution >= 0.6 is 0 Å². The smallest absolute Gasteiger partial charge is 0.162 e. The van der Waals surface area contributed by atoms with Crippen LogP contribution in [-0.4, -0.2) is 21.1 Å². The second-order valence-corrected chi connectivity index (χ2v) is 16.6. The molecular formula is C49H61IrN2O2-. The van der Waals surface area contributed by atoms with Crippen LogP contribution in [0.15, 0.2) is 96.8 Å². The standard InChI is InChI=1S/C36H37N2.C13H24O2.Ir/c1-24-32(28-18-16-27(17-19-28)26-14-12-25(13-15-26)23-35(2,3)4)22-34(38-37-24)30-20-29-10-8-9-11-31(29)33(21-30)36(5,6)7;1-5-10(6-2)12(14)9-13(15)11(7-3)8-4;/h8-19,21-22H,23H2,1-7H3;9-11,14H,5-8H2,1-4H3;/q-1;;/b;12-9-;. The van der Waals surface area contributed by atoms with Crippen LogP contribution in [0.1, 0.15) is 112 Å². The number of rotatable bonds is 11. The molecule has 1 N–H and O–H groups in total. The van der Waals surface area contributed by atoms with Crippen LogP contribution in [0.25, 0.3) is 44.3 Å². The zero-order valence-corrected chi connectivity index (χ0v) is 36.8. The number of fused-ring (bicyclic) bond motifs is 1. The maximum absolute atomic E-state index is 11.7. The summed E-state index contributed by atoms with van der Waals surface area (Å²) in [6.45, 7) is 23.7. The minimum absolute atomic E-state index is 0. The first-order valence-corrected chi connectivity index (χ1v) is 19.5. The van der Waals surface area contributed by atoms with Crippen molar-refractivity contribution in [3.8, 4) is 33.5 Å². The molecule has 0 saturated carbocycles. The third-order valence-corrected chi connectivity index (χ3v) is 10.1. The maximum atomic E-state index is 11.7. The molecule has 1 aromatic heterocycles. The van der Waals surface area contributed by atoms with Gasteiger partial charge in [-0.1, -0.05) is 153 Å². The van der Waals surface area contributed by atoms with Crippen molar-refractivity contribution in [1.82, 2.24) is 10.2 Å². The second kappa shape index (κ2) is 19.6. The summed E-state index contributed by atoms with van der Waals surface area (Å²) in [5.41, 5.74) is 10.4. The summed E-state index contributed by atoms with van der Waals surface area (Å²) < 4.78 is 0. The van der Waals surface area contributed by atoms with E-state index in [0.29, 0.717) is 0 Å². The van der Waals surface area contributed by atoms with Crippen molar-refractivity contribution in [3.63, 3.8) is 0 Å². The molecule has 0 saturated heterocycles. The number of nitrogens with zero attached hydrogens (tertiary/aromatic N) is 2. The normalized spacial score (nSPS) is 12.1. The van der Waals surface area contributed by atoms with Gasteiger partial charge in [-0.3, -0.25) is 4.79 Å². The van der Waals surface area contributed by atoms with E-state index < -0.39 is 0 Å². The van der Waals surface area contributed by atoms with Crippen molar-refractivity contribution < 1.29 is 30.0 Å². The molecule has 0 aliphatic heterocycles. The quantitative estimate of drug-likeness (QED) is 0.0815. The minimum Gasteiger partial charge on any atom is -0.512 e. The van der Waals surface area contributed by atoms with Crippen LogP contribution in [0.5, 0.6) is 0 Å². The van der Waals surface area contributed by atoms with Gasteiger partial charge in [0.25, 0.3) is 0 Å². The first kappa shape index (κ1) is 44.5. The first-order chi connectivity index (χ1) is 25.1. The molecular weight excluding hydrogens is 841 g/mol. The van der Waals surface area contributed by atoms with Crippen molar-refractivity contribution in [2.45, 2.75) is 114 Å². The van der Waals surface area contributed by atoms with E-state index in [2.05, 4.69) is 143 Å². The minimum atomic E-state index is 0. The first-order valence-electron chi connectivity index (χ1n) is 19.5. The number of ketones is 1. The van der Waals surface area contributed by atoms with Gasteiger partial charge in [0.2, 0.25) is 0 Å². The van der Waals surface area contributed by atoms with Gasteiger partial charge in [0, 0.05) is 43.7 Å². The molecule has 0 aliphatic rings. The summed E-state index contributed by atoms with van der Waals surface area (Å²) in [4.78, 5) is 11.7. The third-order valence-electron chi connectivity index (χ3n) is 10.1. The summed E-state index contributed by atoms with van der Waals surface area (Å²) in [5.74, 6) is 0.547. The Morgan fingerprint density at radius 2 is 1.28 bits per heavy atom. The molecule has 4 aromatic carbocycles. The number of allylic oxidation sites excluding steroid dienone is 2. The summed E-state index contributed by atoms with van der Waals surface area (Å²) in [6.07, 6.45) is 5.98. The summed E-state index contributed by atoms with van der Waals surface area (Å²) in [6, 6.07) is 34.2. The van der Waals surface area contributed by atoms with Gasteiger partial charge in [-0.2, -0.15) is 10.2 Å². The predicted octanol–water partition coefficient (Wildman–Crippen LogP) is 13.5. The van der Waals surface area contributed by atoms with E-state index in [1.54, 1.807) is 0 Å². The van der Waals surface area contributed by atoms with Gasteiger partial charge in [0.05, 0.1) is 11.5 Å². The number of carbonyl (C=O) groups excluding carboxylic acids is 1. The topological polar surface area (TPSA) is 63.1 Å². The number of aromatic nitrogens is 2. The fraction of sp³-hybridized carbons (Fsp3) is 0.408. The molecule has 54 heavy (non-hydrogen) atoms. The molecule has 0 fully saturated rings. The van der Waals surface area contributed by atoms with Gasteiger partial charge in [-0.25, -0.2) is 0 Å². The van der Waals surface area contributed by atoms with E-state index >= 15 is 0 Å². The molecule has 0 aliphatic carbocycles. The van der Waals surface area contributed by atoms with Crippen molar-refractivity contribution in [2.24, 2.45) is 17.3 Å². The van der Waals surface area contributed by atoms with Crippen molar-refractivity contribution >= 4 is 16.6 Å². The molecule has 1 heterocycles. The molecule has 0 unspecified atom stereocenters. The Morgan fingerprint density at radius 3 is 1.81 bits per heavy atom. The summed E-state index contributed by atoms with van der Waals surface area (Å²) in [7, 11) is 0. The maximum Gasteiger partial charge on any atom is 0.162 e. The molecule has 4 nitrogen and oxygen atoms in total. The van der Waals surface area contributed by atoms with E-state index in [1.807, 2.05) is 34.6 Å². The number of hydrogen-bond acceptors (Lipinski definition) is 4. The fourth-order valence-electron chi connectivity index (χ4n) is 6.91. The number of aliphatic hydroxyl groups is 1. The van der Waals surface area contributed by atoms with Gasteiger partial charge in [0.15, 0.2) is 5.78 Å². The van der Waals surface area contributed by atoms with Gasteiger partial charge >= 0.3 is 0 Å². The van der Waals surface area contributed by atoms with E-state index in [4.69, 9.17) is 0 Å². The van der Waals surface area contributed by atoms with Crippen LogP contribution in [0.3, 0.4) is 0 Å². The SMILES string of the molecule is CCC(CC)C(=O)/C=C(\O)C(CC)CC.Cc1nnc(-c2[c-]c3ccccc3c(C(C)(C)C)c2)cc1-c1ccc(-c2ccc(CC(C)(C)C)cc2)cc1.[Ir]. The van der Waals surface area contributed by atoms with Gasteiger partial charge in [-0.05, 0) is 77.7 Å². The molecule has 1 radical (unpaired) electrons. The monoisotopic (exact) mass is 902 g/mol. The van der Waals surface area contributed by atoms with Crippen molar-refractivity contribution in [2.75, 3.05) is 0 Å². The summed E-state index contributed by atoms with van der Waals surface area (Å²) in [5, 5.41) is 21.2. The number of benzene rings is 4. The summed E-state index contributed by atoms with van der Waals surface area (Å²) >= 11 is 0. The van der Waals surface area contributed by atoms with Gasteiger partial charge in [0.1, 0.15) is 0 Å². The number of aliphatic hydroxyl groups excluding tert-OH is 1. The molecule has 5 heteroatoms. The van der Waals surface area contributed by atoms with Crippen LogP contribution < -0.4 is 0 Å². The molecule has 289 valence electrons. The van der Waals surface area contributed by atoms with Crippen LogP contribution in [0.2, 0.25) is 0 Å². The van der Waals surface area contributed by atoms with E-state index in [0.717, 1.165) is 65.6 Å². The zero-order valence-electron chi connectivity index (χ0n) is 34.4. The second-order valence-electron chi connectivity index (χ2n) is 16.6.